The third kappa shape index (κ3) is 4.06. The van der Waals surface area contributed by atoms with Gasteiger partial charge in [0.15, 0.2) is 0 Å². The third-order valence-corrected chi connectivity index (χ3v) is 5.14. The van der Waals surface area contributed by atoms with Crippen LogP contribution in [-0.2, 0) is 13.6 Å². The summed E-state index contributed by atoms with van der Waals surface area (Å²) in [7, 11) is 2.04. The minimum atomic E-state index is 0.667. The Kier molecular flexibility index (Phi) is 6.05. The highest BCUT2D eigenvalue weighted by atomic mass is 79.9. The van der Waals surface area contributed by atoms with Gasteiger partial charge >= 0.3 is 0 Å². The van der Waals surface area contributed by atoms with E-state index in [0.29, 0.717) is 6.04 Å². The minimum absolute atomic E-state index is 0.667. The summed E-state index contributed by atoms with van der Waals surface area (Å²) in [5, 5.41) is 8.11. The van der Waals surface area contributed by atoms with E-state index < -0.39 is 0 Å². The van der Waals surface area contributed by atoms with Crippen molar-refractivity contribution in [3.63, 3.8) is 0 Å². The Labute approximate surface area is 131 Å². The van der Waals surface area contributed by atoms with Gasteiger partial charge in [-0.2, -0.15) is 5.10 Å². The zero-order valence-corrected chi connectivity index (χ0v) is 14.5. The summed E-state index contributed by atoms with van der Waals surface area (Å²) in [6.45, 7) is 8.80. The summed E-state index contributed by atoms with van der Waals surface area (Å²) >= 11 is 3.68. The highest BCUT2D eigenvalue weighted by molar-refractivity contribution is 9.10. The van der Waals surface area contributed by atoms with Gasteiger partial charge in [0.25, 0.3) is 0 Å². The Hall–Kier alpha value is -0.390. The van der Waals surface area contributed by atoms with E-state index in [9.17, 15) is 0 Å². The third-order valence-electron chi connectivity index (χ3n) is 4.10. The van der Waals surface area contributed by atoms with E-state index in [1.54, 1.807) is 0 Å². The number of hydrogen-bond donors (Lipinski definition) is 1. The summed E-state index contributed by atoms with van der Waals surface area (Å²) in [4.78, 5) is 2.58. The number of aryl methyl sites for hydroxylation is 2. The van der Waals surface area contributed by atoms with E-state index >= 15 is 0 Å². The van der Waals surface area contributed by atoms with E-state index in [1.165, 1.54) is 48.9 Å². The Morgan fingerprint density at radius 3 is 2.85 bits per heavy atom. The van der Waals surface area contributed by atoms with Crippen LogP contribution in [0.4, 0.5) is 0 Å². The molecule has 1 aromatic rings. The lowest BCUT2D eigenvalue weighted by molar-refractivity contribution is 0.231. The molecule has 0 saturated carbocycles. The molecule has 0 aliphatic carbocycles. The molecule has 20 heavy (non-hydrogen) atoms. The molecule has 0 radical (unpaired) electrons. The molecule has 1 aromatic heterocycles. The zero-order chi connectivity index (χ0) is 14.5. The zero-order valence-electron chi connectivity index (χ0n) is 13.0. The molecule has 1 aliphatic heterocycles. The van der Waals surface area contributed by atoms with Gasteiger partial charge in [-0.3, -0.25) is 9.58 Å². The molecule has 1 fully saturated rings. The molecule has 5 heteroatoms. The molecule has 0 spiro atoms. The summed E-state index contributed by atoms with van der Waals surface area (Å²) in [5.41, 5.74) is 2.37. The molecule has 2 rings (SSSR count). The molecular weight excluding hydrogens is 316 g/mol. The Balaban J connectivity index is 2.01. The maximum Gasteiger partial charge on any atom is 0.0739 e. The lowest BCUT2D eigenvalue weighted by atomic mass is 10.2. The first-order chi connectivity index (χ1) is 9.61. The Morgan fingerprint density at radius 2 is 2.30 bits per heavy atom. The second-order valence-electron chi connectivity index (χ2n) is 5.85. The van der Waals surface area contributed by atoms with Gasteiger partial charge in [0.1, 0.15) is 0 Å². The van der Waals surface area contributed by atoms with Crippen LogP contribution in [0.2, 0.25) is 0 Å². The summed E-state index contributed by atoms with van der Waals surface area (Å²) < 4.78 is 3.18. The first-order valence-electron chi connectivity index (χ1n) is 7.75. The lowest BCUT2D eigenvalue weighted by Crippen LogP contribution is -2.38. The predicted molar refractivity (Wildman–Crippen MR) is 86.9 cm³/mol. The Morgan fingerprint density at radius 1 is 1.50 bits per heavy atom. The second kappa shape index (κ2) is 7.57. The largest absolute Gasteiger partial charge is 0.313 e. The van der Waals surface area contributed by atoms with E-state index in [0.717, 1.165) is 18.8 Å². The minimum Gasteiger partial charge on any atom is -0.313 e. The molecular formula is C15H27BrN4. The van der Waals surface area contributed by atoms with Crippen LogP contribution in [0.5, 0.6) is 0 Å². The van der Waals surface area contributed by atoms with E-state index in [1.807, 2.05) is 11.7 Å². The highest BCUT2D eigenvalue weighted by Gasteiger charge is 2.20. The lowest BCUT2D eigenvalue weighted by Gasteiger charge is -2.25. The SMILES string of the molecule is CCCCN(Cc1c(Br)c(C)nn1C)CC1CCCN1. The maximum atomic E-state index is 4.50. The van der Waals surface area contributed by atoms with Crippen LogP contribution < -0.4 is 5.32 Å². The monoisotopic (exact) mass is 342 g/mol. The highest BCUT2D eigenvalue weighted by Crippen LogP contribution is 2.22. The summed E-state index contributed by atoms with van der Waals surface area (Å²) in [6.07, 6.45) is 5.15. The second-order valence-corrected chi connectivity index (χ2v) is 6.64. The molecule has 4 nitrogen and oxygen atoms in total. The molecule has 1 aliphatic rings. The van der Waals surface area contributed by atoms with Crippen molar-refractivity contribution in [2.24, 2.45) is 7.05 Å². The molecule has 2 heterocycles. The number of unbranched alkanes of at least 4 members (excludes halogenated alkanes) is 1. The first-order valence-corrected chi connectivity index (χ1v) is 8.54. The van der Waals surface area contributed by atoms with Crippen LogP contribution in [-0.4, -0.2) is 40.4 Å². The molecule has 1 saturated heterocycles. The standard InChI is InChI=1S/C15H27BrN4/c1-4-5-9-20(10-13-7-6-8-17-13)11-14-15(16)12(2)18-19(14)3/h13,17H,4-11H2,1-3H3. The van der Waals surface area contributed by atoms with Crippen molar-refractivity contribution in [1.29, 1.82) is 0 Å². The van der Waals surface area contributed by atoms with Crippen LogP contribution in [0.3, 0.4) is 0 Å². The quantitative estimate of drug-likeness (QED) is 0.826. The number of aromatic nitrogens is 2. The Bertz CT molecular complexity index is 424. The van der Waals surface area contributed by atoms with Crippen LogP contribution in [0, 0.1) is 6.92 Å². The van der Waals surface area contributed by atoms with E-state index in [4.69, 9.17) is 0 Å². The van der Waals surface area contributed by atoms with Gasteiger partial charge in [-0.25, -0.2) is 0 Å². The number of hydrogen-bond acceptors (Lipinski definition) is 3. The number of nitrogens with zero attached hydrogens (tertiary/aromatic N) is 3. The smallest absolute Gasteiger partial charge is 0.0739 e. The van der Waals surface area contributed by atoms with Crippen molar-refractivity contribution in [3.8, 4) is 0 Å². The molecule has 1 unspecified atom stereocenters. The number of nitrogens with one attached hydrogen (secondary N) is 1. The molecule has 1 N–H and O–H groups in total. The van der Waals surface area contributed by atoms with Crippen molar-refractivity contribution in [2.45, 2.75) is 52.1 Å². The van der Waals surface area contributed by atoms with Crippen LogP contribution >= 0.6 is 15.9 Å². The van der Waals surface area contributed by atoms with Crippen LogP contribution in [0.25, 0.3) is 0 Å². The predicted octanol–water partition coefficient (Wildman–Crippen LogP) is 2.85. The average molecular weight is 343 g/mol. The average Bonchev–Trinajstić information content (AvgIpc) is 3.00. The van der Waals surface area contributed by atoms with Gasteiger partial charge < -0.3 is 5.32 Å². The van der Waals surface area contributed by atoms with Crippen LogP contribution in [0.1, 0.15) is 44.0 Å². The van der Waals surface area contributed by atoms with Gasteiger partial charge in [0.2, 0.25) is 0 Å². The molecule has 0 bridgehead atoms. The molecule has 0 amide bonds. The normalized spacial score (nSPS) is 19.1. The molecule has 114 valence electrons. The van der Waals surface area contributed by atoms with Crippen molar-refractivity contribution < 1.29 is 0 Å². The number of rotatable bonds is 7. The fourth-order valence-corrected chi connectivity index (χ4v) is 3.37. The van der Waals surface area contributed by atoms with Crippen molar-refractivity contribution in [3.05, 3.63) is 15.9 Å². The van der Waals surface area contributed by atoms with Crippen LogP contribution in [0.15, 0.2) is 4.47 Å². The fraction of sp³-hybridized carbons (Fsp3) is 0.800. The van der Waals surface area contributed by atoms with Gasteiger partial charge in [0, 0.05) is 26.2 Å². The van der Waals surface area contributed by atoms with Gasteiger partial charge in [-0.05, 0) is 55.2 Å². The van der Waals surface area contributed by atoms with Gasteiger partial charge in [0.05, 0.1) is 15.9 Å². The first kappa shape index (κ1) is 16.0. The van der Waals surface area contributed by atoms with Crippen molar-refractivity contribution >= 4 is 15.9 Å². The van der Waals surface area contributed by atoms with E-state index in [2.05, 4.69) is 45.1 Å². The number of halogens is 1. The summed E-state index contributed by atoms with van der Waals surface area (Å²) in [5.74, 6) is 0. The topological polar surface area (TPSA) is 33.1 Å². The van der Waals surface area contributed by atoms with Crippen molar-refractivity contribution in [2.75, 3.05) is 19.6 Å². The fourth-order valence-electron chi connectivity index (χ4n) is 2.90. The molecule has 1 atom stereocenters. The van der Waals surface area contributed by atoms with E-state index in [-0.39, 0.29) is 0 Å². The maximum absolute atomic E-state index is 4.50. The molecule has 0 aromatic carbocycles. The van der Waals surface area contributed by atoms with Gasteiger partial charge in [-0.1, -0.05) is 13.3 Å². The van der Waals surface area contributed by atoms with Crippen molar-refractivity contribution in [1.82, 2.24) is 20.0 Å². The van der Waals surface area contributed by atoms with Gasteiger partial charge in [-0.15, -0.1) is 0 Å². The summed E-state index contributed by atoms with van der Waals surface area (Å²) in [6, 6.07) is 0.667.